The van der Waals surface area contributed by atoms with Crippen LogP contribution in [0.1, 0.15) is 11.1 Å². The maximum absolute atomic E-state index is 12.2. The topological polar surface area (TPSA) is 73.1 Å². The highest BCUT2D eigenvalue weighted by molar-refractivity contribution is 9.10. The molecule has 0 aliphatic carbocycles. The number of phenols is 1. The summed E-state index contributed by atoms with van der Waals surface area (Å²) in [6, 6.07) is 12.1. The zero-order valence-corrected chi connectivity index (χ0v) is 14.4. The van der Waals surface area contributed by atoms with Crippen LogP contribution in [0.5, 0.6) is 5.75 Å². The molecule has 0 aromatic heterocycles. The largest absolute Gasteiger partial charge is 0.506 e. The summed E-state index contributed by atoms with van der Waals surface area (Å²) in [5.41, 5.74) is 1.71. The zero-order valence-electron chi connectivity index (χ0n) is 12.1. The van der Waals surface area contributed by atoms with Crippen LogP contribution >= 0.6 is 27.5 Å². The number of carbonyl (C=O) groups excluding carboxylic acids is 1. The molecule has 116 valence electrons. The minimum absolute atomic E-state index is 0.0921. The molecule has 4 nitrogen and oxygen atoms in total. The van der Waals surface area contributed by atoms with Crippen LogP contribution in [0.3, 0.4) is 0 Å². The van der Waals surface area contributed by atoms with Crippen molar-refractivity contribution in [3.05, 3.63) is 62.6 Å². The number of nitrogens with zero attached hydrogens (tertiary/aromatic N) is 1. The van der Waals surface area contributed by atoms with Crippen LogP contribution in [0, 0.1) is 18.3 Å². The Morgan fingerprint density at radius 2 is 2.13 bits per heavy atom. The van der Waals surface area contributed by atoms with E-state index in [1.807, 2.05) is 19.1 Å². The monoisotopic (exact) mass is 390 g/mol. The van der Waals surface area contributed by atoms with E-state index in [0.717, 1.165) is 5.56 Å². The molecule has 2 aromatic carbocycles. The fourth-order valence-electron chi connectivity index (χ4n) is 1.92. The first-order valence-electron chi connectivity index (χ1n) is 6.58. The van der Waals surface area contributed by atoms with Crippen LogP contribution in [0.2, 0.25) is 5.02 Å². The van der Waals surface area contributed by atoms with Gasteiger partial charge in [-0.2, -0.15) is 5.26 Å². The molecular formula is C17H12BrClN2O2. The molecular weight excluding hydrogens is 380 g/mol. The van der Waals surface area contributed by atoms with Crippen LogP contribution in [0.25, 0.3) is 6.08 Å². The van der Waals surface area contributed by atoms with Crippen LogP contribution < -0.4 is 5.32 Å². The fraction of sp³-hybridized carbons (Fsp3) is 0.0588. The number of amides is 1. The number of hydrogen-bond donors (Lipinski definition) is 2. The van der Waals surface area contributed by atoms with Crippen LogP contribution in [0.15, 0.2) is 46.4 Å². The Hall–Kier alpha value is -2.29. The van der Waals surface area contributed by atoms with Gasteiger partial charge in [-0.15, -0.1) is 0 Å². The molecule has 23 heavy (non-hydrogen) atoms. The highest BCUT2D eigenvalue weighted by Crippen LogP contribution is 2.32. The Labute approximate surface area is 147 Å². The maximum Gasteiger partial charge on any atom is 0.266 e. The number of nitriles is 1. The van der Waals surface area contributed by atoms with Gasteiger partial charge < -0.3 is 10.4 Å². The van der Waals surface area contributed by atoms with Gasteiger partial charge in [0.15, 0.2) is 0 Å². The average molecular weight is 392 g/mol. The Bertz CT molecular complexity index is 841. The highest BCUT2D eigenvalue weighted by Gasteiger charge is 2.12. The second kappa shape index (κ2) is 7.32. The number of nitrogens with one attached hydrogen (secondary N) is 1. The van der Waals surface area contributed by atoms with E-state index in [1.165, 1.54) is 18.2 Å². The lowest BCUT2D eigenvalue weighted by molar-refractivity contribution is -0.112. The van der Waals surface area contributed by atoms with E-state index in [4.69, 9.17) is 11.6 Å². The van der Waals surface area contributed by atoms with E-state index in [0.29, 0.717) is 15.2 Å². The summed E-state index contributed by atoms with van der Waals surface area (Å²) < 4.78 is 0.382. The number of halogens is 2. The first-order valence-corrected chi connectivity index (χ1v) is 7.75. The predicted molar refractivity (Wildman–Crippen MR) is 94.2 cm³/mol. The molecule has 0 bridgehead atoms. The third-order valence-electron chi connectivity index (χ3n) is 3.00. The van der Waals surface area contributed by atoms with Gasteiger partial charge in [0.25, 0.3) is 5.91 Å². The van der Waals surface area contributed by atoms with Crippen molar-refractivity contribution in [1.29, 1.82) is 5.26 Å². The smallest absolute Gasteiger partial charge is 0.266 e. The molecule has 0 aliphatic rings. The summed E-state index contributed by atoms with van der Waals surface area (Å²) in [5, 5.41) is 22.2. The molecule has 0 heterocycles. The molecule has 2 rings (SSSR count). The third kappa shape index (κ3) is 4.35. The minimum Gasteiger partial charge on any atom is -0.506 e. The minimum atomic E-state index is -0.561. The van der Waals surface area contributed by atoms with Crippen LogP contribution in [-0.4, -0.2) is 11.0 Å². The molecule has 6 heteroatoms. The van der Waals surface area contributed by atoms with Crippen molar-refractivity contribution >= 4 is 45.2 Å². The molecule has 0 saturated heterocycles. The zero-order chi connectivity index (χ0) is 17.0. The van der Waals surface area contributed by atoms with Gasteiger partial charge in [-0.25, -0.2) is 0 Å². The van der Waals surface area contributed by atoms with E-state index >= 15 is 0 Å². The Balaban J connectivity index is 2.32. The van der Waals surface area contributed by atoms with Crippen molar-refractivity contribution in [2.45, 2.75) is 6.92 Å². The summed E-state index contributed by atoms with van der Waals surface area (Å²) >= 11 is 9.08. The first kappa shape index (κ1) is 17.1. The number of carbonyl (C=O) groups is 1. The molecule has 2 N–H and O–H groups in total. The molecule has 0 saturated carbocycles. The van der Waals surface area contributed by atoms with Gasteiger partial charge in [0.1, 0.15) is 17.4 Å². The van der Waals surface area contributed by atoms with E-state index in [2.05, 4.69) is 21.2 Å². The molecule has 0 fully saturated rings. The molecule has 0 unspecified atom stereocenters. The summed E-state index contributed by atoms with van der Waals surface area (Å²) in [7, 11) is 0. The van der Waals surface area contributed by atoms with Gasteiger partial charge in [0.2, 0.25) is 0 Å². The van der Waals surface area contributed by atoms with Crippen molar-refractivity contribution in [2.24, 2.45) is 0 Å². The van der Waals surface area contributed by atoms with Crippen molar-refractivity contribution in [1.82, 2.24) is 0 Å². The number of rotatable bonds is 3. The molecule has 0 radical (unpaired) electrons. The second-order valence-electron chi connectivity index (χ2n) is 4.82. The van der Waals surface area contributed by atoms with Gasteiger partial charge in [-0.1, -0.05) is 23.7 Å². The summed E-state index contributed by atoms with van der Waals surface area (Å²) in [5.74, 6) is -0.654. The first-order chi connectivity index (χ1) is 10.9. The van der Waals surface area contributed by atoms with Gasteiger partial charge in [0.05, 0.1) is 4.47 Å². The molecule has 0 atom stereocenters. The number of benzene rings is 2. The summed E-state index contributed by atoms with van der Waals surface area (Å²) in [6.45, 7) is 1.90. The number of hydrogen-bond acceptors (Lipinski definition) is 3. The van der Waals surface area contributed by atoms with E-state index in [-0.39, 0.29) is 16.9 Å². The van der Waals surface area contributed by atoms with E-state index < -0.39 is 5.91 Å². The molecule has 0 aliphatic heterocycles. The van der Waals surface area contributed by atoms with Crippen molar-refractivity contribution < 1.29 is 9.90 Å². The standard InChI is InChI=1S/C17H12BrClN2O2/c1-10-3-2-4-14(5-10)21-17(23)12(9-20)6-11-7-13(19)8-15(18)16(11)22/h2-8,22H,1H3,(H,21,23)/b12-6-. The molecule has 1 amide bonds. The Kier molecular flexibility index (Phi) is 5.43. The highest BCUT2D eigenvalue weighted by atomic mass is 79.9. The van der Waals surface area contributed by atoms with Crippen molar-refractivity contribution in [2.75, 3.05) is 5.32 Å². The average Bonchev–Trinajstić information content (AvgIpc) is 2.49. The van der Waals surface area contributed by atoms with Crippen molar-refractivity contribution in [3.8, 4) is 11.8 Å². The van der Waals surface area contributed by atoms with Gasteiger partial charge >= 0.3 is 0 Å². The number of anilines is 1. The van der Waals surface area contributed by atoms with Crippen LogP contribution in [0.4, 0.5) is 5.69 Å². The lowest BCUT2D eigenvalue weighted by Gasteiger charge is -2.06. The normalized spacial score (nSPS) is 11.0. The van der Waals surface area contributed by atoms with Gasteiger partial charge in [0, 0.05) is 16.3 Å². The number of aromatic hydroxyl groups is 1. The Morgan fingerprint density at radius 1 is 1.39 bits per heavy atom. The summed E-state index contributed by atoms with van der Waals surface area (Å²) in [6.07, 6.45) is 1.29. The lowest BCUT2D eigenvalue weighted by Crippen LogP contribution is -2.13. The lowest BCUT2D eigenvalue weighted by atomic mass is 10.1. The number of aryl methyl sites for hydroxylation is 1. The molecule has 2 aromatic rings. The second-order valence-corrected chi connectivity index (χ2v) is 6.11. The van der Waals surface area contributed by atoms with E-state index in [1.54, 1.807) is 18.2 Å². The number of phenolic OH excluding ortho intramolecular Hbond substituents is 1. The third-order valence-corrected chi connectivity index (χ3v) is 3.82. The van der Waals surface area contributed by atoms with Crippen LogP contribution in [-0.2, 0) is 4.79 Å². The van der Waals surface area contributed by atoms with Gasteiger partial charge in [-0.3, -0.25) is 4.79 Å². The van der Waals surface area contributed by atoms with E-state index in [9.17, 15) is 15.2 Å². The van der Waals surface area contributed by atoms with Crippen molar-refractivity contribution in [3.63, 3.8) is 0 Å². The Morgan fingerprint density at radius 3 is 2.78 bits per heavy atom. The molecule has 0 spiro atoms. The SMILES string of the molecule is Cc1cccc(NC(=O)/C(C#N)=C\c2cc(Cl)cc(Br)c2O)c1. The van der Waals surface area contributed by atoms with Gasteiger partial charge in [-0.05, 0) is 58.8 Å². The summed E-state index contributed by atoms with van der Waals surface area (Å²) in [4.78, 5) is 12.2. The predicted octanol–water partition coefficient (Wildman–Crippen LogP) is 4.66. The quantitative estimate of drug-likeness (QED) is 0.590. The maximum atomic E-state index is 12.2. The fourth-order valence-corrected chi connectivity index (χ4v) is 2.76.